The summed E-state index contributed by atoms with van der Waals surface area (Å²) < 4.78 is 8.55. The third-order valence-corrected chi connectivity index (χ3v) is 4.88. The molecule has 1 aromatic carbocycles. The van der Waals surface area contributed by atoms with Crippen LogP contribution in [0.1, 0.15) is 17.3 Å². The van der Waals surface area contributed by atoms with E-state index in [1.54, 1.807) is 7.11 Å². The summed E-state index contributed by atoms with van der Waals surface area (Å²) >= 11 is 3.60. The van der Waals surface area contributed by atoms with Gasteiger partial charge in [-0.25, -0.2) is 0 Å². The molecule has 0 amide bonds. The van der Waals surface area contributed by atoms with Crippen molar-refractivity contribution in [3.05, 3.63) is 46.2 Å². The average Bonchev–Trinajstić information content (AvgIpc) is 2.87. The van der Waals surface area contributed by atoms with E-state index in [4.69, 9.17) is 4.74 Å². The number of hydrogen-bond acceptors (Lipinski definition) is 4. The Labute approximate surface area is 139 Å². The predicted molar refractivity (Wildman–Crippen MR) is 89.9 cm³/mol. The Bertz CT molecular complexity index is 623. The summed E-state index contributed by atoms with van der Waals surface area (Å²) in [7, 11) is 3.72. The topological polar surface area (TPSA) is 42.3 Å². The summed E-state index contributed by atoms with van der Waals surface area (Å²) in [5.74, 6) is 0.949. The molecular weight excluding hydrogens is 344 g/mol. The lowest BCUT2D eigenvalue weighted by Crippen LogP contribution is -2.45. The van der Waals surface area contributed by atoms with Crippen LogP contribution in [0, 0.1) is 0 Å². The van der Waals surface area contributed by atoms with Crippen LogP contribution in [-0.2, 0) is 13.6 Å². The van der Waals surface area contributed by atoms with E-state index in [0.29, 0.717) is 6.04 Å². The van der Waals surface area contributed by atoms with E-state index in [9.17, 15) is 0 Å². The molecule has 1 atom stereocenters. The predicted octanol–water partition coefficient (Wildman–Crippen LogP) is 2.34. The van der Waals surface area contributed by atoms with Crippen molar-refractivity contribution in [1.82, 2.24) is 20.0 Å². The van der Waals surface area contributed by atoms with Crippen molar-refractivity contribution < 1.29 is 4.74 Å². The standard InChI is InChI=1S/C16H21BrN4O/c1-20-15(13(17)9-19-20)11-21-8-7-18-10-14(21)12-5-3-4-6-16(12)22-2/h3-6,9,14,18H,7-8,10-11H2,1-2H3. The summed E-state index contributed by atoms with van der Waals surface area (Å²) in [5, 5.41) is 7.81. The average molecular weight is 365 g/mol. The van der Waals surface area contributed by atoms with Crippen molar-refractivity contribution in [2.75, 3.05) is 26.7 Å². The number of hydrogen-bond donors (Lipinski definition) is 1. The molecule has 1 saturated heterocycles. The van der Waals surface area contributed by atoms with Gasteiger partial charge in [0.25, 0.3) is 0 Å². The molecular formula is C16H21BrN4O. The Morgan fingerprint density at radius 1 is 1.41 bits per heavy atom. The van der Waals surface area contributed by atoms with Crippen molar-refractivity contribution in [2.45, 2.75) is 12.6 Å². The smallest absolute Gasteiger partial charge is 0.123 e. The molecule has 3 rings (SSSR count). The first-order valence-corrected chi connectivity index (χ1v) is 8.24. The van der Waals surface area contributed by atoms with E-state index < -0.39 is 0 Å². The first kappa shape index (κ1) is 15.5. The molecule has 118 valence electrons. The lowest BCUT2D eigenvalue weighted by Gasteiger charge is -2.37. The molecule has 1 fully saturated rings. The fourth-order valence-corrected chi connectivity index (χ4v) is 3.46. The summed E-state index contributed by atoms with van der Waals surface area (Å²) in [5.41, 5.74) is 2.43. The molecule has 0 bridgehead atoms. The Morgan fingerprint density at radius 3 is 2.95 bits per heavy atom. The quantitative estimate of drug-likeness (QED) is 0.903. The molecule has 1 N–H and O–H groups in total. The maximum absolute atomic E-state index is 5.55. The molecule has 2 aromatic rings. The Morgan fingerprint density at radius 2 is 2.23 bits per heavy atom. The highest BCUT2D eigenvalue weighted by Crippen LogP contribution is 2.31. The van der Waals surface area contributed by atoms with Gasteiger partial charge in [-0.3, -0.25) is 9.58 Å². The second-order valence-electron chi connectivity index (χ2n) is 5.50. The van der Waals surface area contributed by atoms with Gasteiger partial charge in [0.05, 0.1) is 29.5 Å². The van der Waals surface area contributed by atoms with E-state index >= 15 is 0 Å². The van der Waals surface area contributed by atoms with Crippen LogP contribution >= 0.6 is 15.9 Å². The lowest BCUT2D eigenvalue weighted by atomic mass is 10.0. The zero-order valence-electron chi connectivity index (χ0n) is 12.9. The number of para-hydroxylation sites is 1. The van der Waals surface area contributed by atoms with E-state index in [0.717, 1.165) is 36.4 Å². The molecule has 5 nitrogen and oxygen atoms in total. The van der Waals surface area contributed by atoms with Gasteiger partial charge in [-0.2, -0.15) is 5.10 Å². The van der Waals surface area contributed by atoms with Crippen LogP contribution in [0.4, 0.5) is 0 Å². The van der Waals surface area contributed by atoms with Crippen molar-refractivity contribution in [2.24, 2.45) is 7.05 Å². The summed E-state index contributed by atoms with van der Waals surface area (Å²) in [6.45, 7) is 3.79. The number of benzene rings is 1. The van der Waals surface area contributed by atoms with E-state index in [2.05, 4.69) is 43.4 Å². The van der Waals surface area contributed by atoms with Crippen molar-refractivity contribution in [1.29, 1.82) is 0 Å². The number of aromatic nitrogens is 2. The number of rotatable bonds is 4. The van der Waals surface area contributed by atoms with Crippen LogP contribution in [-0.4, -0.2) is 41.4 Å². The largest absolute Gasteiger partial charge is 0.496 e. The molecule has 1 aliphatic heterocycles. The van der Waals surface area contributed by atoms with Gasteiger partial charge >= 0.3 is 0 Å². The first-order valence-electron chi connectivity index (χ1n) is 7.44. The van der Waals surface area contributed by atoms with Crippen LogP contribution in [0.2, 0.25) is 0 Å². The van der Waals surface area contributed by atoms with Crippen molar-refractivity contribution >= 4 is 15.9 Å². The molecule has 1 aromatic heterocycles. The molecule has 2 heterocycles. The molecule has 0 aliphatic carbocycles. The number of nitrogens with zero attached hydrogens (tertiary/aromatic N) is 3. The summed E-state index contributed by atoms with van der Waals surface area (Å²) in [6, 6.07) is 8.57. The van der Waals surface area contributed by atoms with E-state index in [1.807, 2.05) is 30.1 Å². The van der Waals surface area contributed by atoms with E-state index in [1.165, 1.54) is 11.3 Å². The monoisotopic (exact) mass is 364 g/mol. The van der Waals surface area contributed by atoms with Crippen LogP contribution in [0.25, 0.3) is 0 Å². The Balaban J connectivity index is 1.88. The Hall–Kier alpha value is -1.37. The molecule has 22 heavy (non-hydrogen) atoms. The zero-order chi connectivity index (χ0) is 15.5. The van der Waals surface area contributed by atoms with Crippen LogP contribution < -0.4 is 10.1 Å². The fraction of sp³-hybridized carbons (Fsp3) is 0.438. The molecule has 0 saturated carbocycles. The van der Waals surface area contributed by atoms with Crippen molar-refractivity contribution in [3.63, 3.8) is 0 Å². The highest BCUT2D eigenvalue weighted by molar-refractivity contribution is 9.10. The number of methoxy groups -OCH3 is 1. The van der Waals surface area contributed by atoms with Gasteiger partial charge in [-0.15, -0.1) is 0 Å². The third kappa shape index (κ3) is 3.04. The van der Waals surface area contributed by atoms with Gasteiger partial charge in [-0.1, -0.05) is 18.2 Å². The van der Waals surface area contributed by atoms with Crippen molar-refractivity contribution in [3.8, 4) is 5.75 Å². The second-order valence-corrected chi connectivity index (χ2v) is 6.35. The van der Waals surface area contributed by atoms with Gasteiger partial charge in [0.1, 0.15) is 5.75 Å². The number of piperazine rings is 1. The van der Waals surface area contributed by atoms with Gasteiger partial charge in [0.15, 0.2) is 0 Å². The maximum Gasteiger partial charge on any atom is 0.123 e. The number of ether oxygens (including phenoxy) is 1. The minimum atomic E-state index is 0.298. The van der Waals surface area contributed by atoms with Gasteiger partial charge in [0.2, 0.25) is 0 Å². The summed E-state index contributed by atoms with van der Waals surface area (Å²) in [4.78, 5) is 2.48. The second kappa shape index (κ2) is 6.81. The maximum atomic E-state index is 5.55. The van der Waals surface area contributed by atoms with Crippen LogP contribution in [0.3, 0.4) is 0 Å². The number of nitrogens with one attached hydrogen (secondary N) is 1. The highest BCUT2D eigenvalue weighted by atomic mass is 79.9. The van der Waals surface area contributed by atoms with E-state index in [-0.39, 0.29) is 0 Å². The minimum Gasteiger partial charge on any atom is -0.496 e. The molecule has 1 aliphatic rings. The highest BCUT2D eigenvalue weighted by Gasteiger charge is 2.27. The lowest BCUT2D eigenvalue weighted by molar-refractivity contribution is 0.147. The molecule has 6 heteroatoms. The first-order chi connectivity index (χ1) is 10.7. The number of halogens is 1. The zero-order valence-corrected chi connectivity index (χ0v) is 14.5. The van der Waals surface area contributed by atoms with Gasteiger partial charge in [-0.05, 0) is 22.0 Å². The molecule has 1 unspecified atom stereocenters. The normalized spacial score (nSPS) is 19.3. The number of aryl methyl sites for hydroxylation is 1. The third-order valence-electron chi connectivity index (χ3n) is 4.22. The Kier molecular flexibility index (Phi) is 4.81. The minimum absolute atomic E-state index is 0.298. The van der Waals surface area contributed by atoms with Gasteiger partial charge < -0.3 is 10.1 Å². The van der Waals surface area contributed by atoms with Gasteiger partial charge in [0, 0.05) is 38.8 Å². The SMILES string of the molecule is COc1ccccc1C1CNCCN1Cc1c(Br)cnn1C. The summed E-state index contributed by atoms with van der Waals surface area (Å²) in [6.07, 6.45) is 1.86. The fourth-order valence-electron chi connectivity index (χ4n) is 2.99. The van der Waals surface area contributed by atoms with Crippen LogP contribution in [0.5, 0.6) is 5.75 Å². The molecule has 0 radical (unpaired) electrons. The van der Waals surface area contributed by atoms with Crippen LogP contribution in [0.15, 0.2) is 34.9 Å². The molecule has 0 spiro atoms.